The second-order valence-corrected chi connectivity index (χ2v) is 5.88. The Kier molecular flexibility index (Phi) is 5.06. The van der Waals surface area contributed by atoms with Crippen molar-refractivity contribution in [2.45, 2.75) is 38.1 Å². The first kappa shape index (κ1) is 14.9. The van der Waals surface area contributed by atoms with Crippen LogP contribution >= 0.6 is 0 Å². The first-order valence-corrected chi connectivity index (χ1v) is 7.35. The first-order chi connectivity index (χ1) is 8.47. The lowest BCUT2D eigenvalue weighted by Crippen LogP contribution is -2.38. The third-order valence-corrected chi connectivity index (χ3v) is 4.97. The normalized spacial score (nSPS) is 13.6. The van der Waals surface area contributed by atoms with Gasteiger partial charge in [0.15, 0.2) is 0 Å². The first-order valence-electron chi connectivity index (χ1n) is 5.91. The summed E-state index contributed by atoms with van der Waals surface area (Å²) < 4.78 is 26.4. The van der Waals surface area contributed by atoms with Crippen molar-refractivity contribution in [2.24, 2.45) is 5.84 Å². The fraction of sp³-hybridized carbons (Fsp3) is 0.545. The highest BCUT2D eigenvalue weighted by Crippen LogP contribution is 2.20. The number of aromatic nitrogens is 1. The number of anilines is 1. The van der Waals surface area contributed by atoms with Gasteiger partial charge in [0.1, 0.15) is 5.82 Å². The molecule has 18 heavy (non-hydrogen) atoms. The van der Waals surface area contributed by atoms with Gasteiger partial charge in [-0.25, -0.2) is 19.2 Å². The number of sulfonamides is 1. The minimum absolute atomic E-state index is 0.0394. The summed E-state index contributed by atoms with van der Waals surface area (Å²) in [5, 5.41) is 0. The van der Waals surface area contributed by atoms with Crippen LogP contribution in [-0.4, -0.2) is 30.3 Å². The molecule has 1 rings (SSSR count). The van der Waals surface area contributed by atoms with Crippen molar-refractivity contribution in [3.05, 3.63) is 18.3 Å². The molecule has 0 aromatic carbocycles. The Bertz CT molecular complexity index is 490. The maximum Gasteiger partial charge on any atom is 0.243 e. The molecule has 0 saturated carbocycles. The van der Waals surface area contributed by atoms with Gasteiger partial charge in [-0.05, 0) is 19.4 Å². The summed E-state index contributed by atoms with van der Waals surface area (Å²) >= 11 is 0. The number of hydrogen-bond acceptors (Lipinski definition) is 5. The van der Waals surface area contributed by atoms with Crippen LogP contribution in [0.15, 0.2) is 23.2 Å². The van der Waals surface area contributed by atoms with Crippen LogP contribution in [0.25, 0.3) is 0 Å². The van der Waals surface area contributed by atoms with Crippen molar-refractivity contribution in [3.63, 3.8) is 0 Å². The third-order valence-electron chi connectivity index (χ3n) is 2.88. The van der Waals surface area contributed by atoms with E-state index in [1.807, 2.05) is 20.8 Å². The van der Waals surface area contributed by atoms with Gasteiger partial charge >= 0.3 is 0 Å². The highest BCUT2D eigenvalue weighted by atomic mass is 32.2. The minimum atomic E-state index is -3.50. The molecule has 0 radical (unpaired) electrons. The van der Waals surface area contributed by atoms with E-state index in [2.05, 4.69) is 10.4 Å². The van der Waals surface area contributed by atoms with Gasteiger partial charge in [-0.2, -0.15) is 4.31 Å². The SMILES string of the molecule is CCC(C)N(CC)S(=O)(=O)c1ccnc(NN)c1. The number of hydrazine groups is 1. The Morgan fingerprint density at radius 1 is 1.50 bits per heavy atom. The van der Waals surface area contributed by atoms with E-state index in [0.29, 0.717) is 12.4 Å². The van der Waals surface area contributed by atoms with Crippen LogP contribution in [0.3, 0.4) is 0 Å². The van der Waals surface area contributed by atoms with Gasteiger partial charge in [-0.1, -0.05) is 13.8 Å². The maximum absolute atomic E-state index is 12.5. The maximum atomic E-state index is 12.5. The number of rotatable bonds is 6. The van der Waals surface area contributed by atoms with Crippen molar-refractivity contribution in [1.29, 1.82) is 0 Å². The van der Waals surface area contributed by atoms with Crippen LogP contribution in [0.1, 0.15) is 27.2 Å². The Morgan fingerprint density at radius 3 is 2.67 bits per heavy atom. The summed E-state index contributed by atoms with van der Waals surface area (Å²) in [4.78, 5) is 4.10. The molecule has 0 aliphatic rings. The number of pyridine rings is 1. The van der Waals surface area contributed by atoms with E-state index < -0.39 is 10.0 Å². The molecule has 102 valence electrons. The number of nitrogens with two attached hydrogens (primary N) is 1. The number of nitrogens with one attached hydrogen (secondary N) is 1. The van der Waals surface area contributed by atoms with Crippen molar-refractivity contribution < 1.29 is 8.42 Å². The van der Waals surface area contributed by atoms with Crippen LogP contribution in [0.4, 0.5) is 5.82 Å². The van der Waals surface area contributed by atoms with Crippen molar-refractivity contribution in [3.8, 4) is 0 Å². The van der Waals surface area contributed by atoms with Crippen molar-refractivity contribution in [2.75, 3.05) is 12.0 Å². The molecule has 0 saturated heterocycles. The van der Waals surface area contributed by atoms with E-state index in [4.69, 9.17) is 5.84 Å². The summed E-state index contributed by atoms with van der Waals surface area (Å²) in [6.07, 6.45) is 2.19. The molecule has 1 atom stereocenters. The Balaban J connectivity index is 3.18. The van der Waals surface area contributed by atoms with Gasteiger partial charge in [0.05, 0.1) is 4.90 Å². The fourth-order valence-electron chi connectivity index (χ4n) is 1.71. The van der Waals surface area contributed by atoms with Crippen LogP contribution in [0.2, 0.25) is 0 Å². The lowest BCUT2D eigenvalue weighted by molar-refractivity contribution is 0.342. The molecule has 0 bridgehead atoms. The molecule has 0 aliphatic carbocycles. The van der Waals surface area contributed by atoms with Crippen LogP contribution < -0.4 is 11.3 Å². The predicted molar refractivity (Wildman–Crippen MR) is 71.4 cm³/mol. The highest BCUT2D eigenvalue weighted by molar-refractivity contribution is 7.89. The molecule has 0 fully saturated rings. The van der Waals surface area contributed by atoms with Crippen molar-refractivity contribution >= 4 is 15.8 Å². The number of nitrogens with zero attached hydrogens (tertiary/aromatic N) is 2. The molecule has 1 aromatic heterocycles. The summed E-state index contributed by atoms with van der Waals surface area (Å²) in [5.41, 5.74) is 2.35. The summed E-state index contributed by atoms with van der Waals surface area (Å²) in [7, 11) is -3.50. The molecule has 0 amide bonds. The second-order valence-electron chi connectivity index (χ2n) is 3.99. The lowest BCUT2D eigenvalue weighted by Gasteiger charge is -2.26. The van der Waals surface area contributed by atoms with Gasteiger partial charge in [0.2, 0.25) is 10.0 Å². The Hall–Kier alpha value is -1.18. The third kappa shape index (κ3) is 2.98. The zero-order chi connectivity index (χ0) is 13.8. The molecule has 6 nitrogen and oxygen atoms in total. The molecule has 7 heteroatoms. The predicted octanol–water partition coefficient (Wildman–Crippen LogP) is 1.18. The quantitative estimate of drug-likeness (QED) is 0.599. The number of nitrogen functional groups attached to an aromatic ring is 1. The van der Waals surface area contributed by atoms with Gasteiger partial charge in [0.25, 0.3) is 0 Å². The van der Waals surface area contributed by atoms with Gasteiger partial charge < -0.3 is 5.43 Å². The smallest absolute Gasteiger partial charge is 0.243 e. The topological polar surface area (TPSA) is 88.3 Å². The lowest BCUT2D eigenvalue weighted by atomic mass is 10.3. The molecule has 1 unspecified atom stereocenters. The van der Waals surface area contributed by atoms with E-state index in [1.165, 1.54) is 22.6 Å². The Morgan fingerprint density at radius 2 is 2.17 bits per heavy atom. The minimum Gasteiger partial charge on any atom is -0.308 e. The molecule has 3 N–H and O–H groups in total. The zero-order valence-corrected chi connectivity index (χ0v) is 11.7. The molecular formula is C11H20N4O2S. The summed E-state index contributed by atoms with van der Waals surface area (Å²) in [6, 6.07) is 2.86. The summed E-state index contributed by atoms with van der Waals surface area (Å²) in [5.74, 6) is 5.57. The molecule has 1 heterocycles. The van der Waals surface area contributed by atoms with E-state index in [9.17, 15) is 8.42 Å². The van der Waals surface area contributed by atoms with E-state index in [0.717, 1.165) is 6.42 Å². The molecular weight excluding hydrogens is 252 g/mol. The second kappa shape index (κ2) is 6.12. The van der Waals surface area contributed by atoms with Gasteiger partial charge in [-0.3, -0.25) is 0 Å². The largest absolute Gasteiger partial charge is 0.308 e. The monoisotopic (exact) mass is 272 g/mol. The van der Waals surface area contributed by atoms with E-state index in [1.54, 1.807) is 0 Å². The van der Waals surface area contributed by atoms with Crippen molar-refractivity contribution in [1.82, 2.24) is 9.29 Å². The average Bonchev–Trinajstić information content (AvgIpc) is 2.39. The number of hydrogen-bond donors (Lipinski definition) is 2. The fourth-order valence-corrected chi connectivity index (χ4v) is 3.44. The average molecular weight is 272 g/mol. The zero-order valence-electron chi connectivity index (χ0n) is 10.9. The van der Waals surface area contributed by atoms with E-state index >= 15 is 0 Å². The van der Waals surface area contributed by atoms with Gasteiger partial charge in [0, 0.05) is 24.8 Å². The summed E-state index contributed by atoms with van der Waals surface area (Å²) in [6.45, 7) is 6.12. The molecule has 0 spiro atoms. The van der Waals surface area contributed by atoms with Crippen LogP contribution in [-0.2, 0) is 10.0 Å². The standard InChI is InChI=1S/C11H20N4O2S/c1-4-9(3)15(5-2)18(16,17)10-6-7-13-11(8-10)14-12/h6-9H,4-5,12H2,1-3H3,(H,13,14). The van der Waals surface area contributed by atoms with E-state index in [-0.39, 0.29) is 10.9 Å². The van der Waals surface area contributed by atoms with Crippen LogP contribution in [0.5, 0.6) is 0 Å². The highest BCUT2D eigenvalue weighted by Gasteiger charge is 2.26. The van der Waals surface area contributed by atoms with Gasteiger partial charge in [-0.15, -0.1) is 0 Å². The molecule has 1 aromatic rings. The Labute approximate surface area is 108 Å². The van der Waals surface area contributed by atoms with Crippen LogP contribution in [0, 0.1) is 0 Å². The molecule has 0 aliphatic heterocycles.